The largest absolute Gasteiger partial charge is 1.00 e. The first-order valence-electron chi connectivity index (χ1n) is 3.60. The fraction of sp³-hybridized carbons (Fsp3) is 0.333. The van der Waals surface area contributed by atoms with Crippen LogP contribution in [0.1, 0.15) is 16.7 Å². The van der Waals surface area contributed by atoms with Crippen molar-refractivity contribution in [1.29, 1.82) is 0 Å². The predicted molar refractivity (Wildman–Crippen MR) is 39.6 cm³/mol. The van der Waals surface area contributed by atoms with E-state index in [4.69, 9.17) is 0 Å². The van der Waals surface area contributed by atoms with Crippen molar-refractivity contribution in [2.75, 3.05) is 0 Å². The number of rotatable bonds is 1. The van der Waals surface area contributed by atoms with Gasteiger partial charge in [-0.15, -0.1) is 0 Å². The van der Waals surface area contributed by atoms with Crippen molar-refractivity contribution >= 4 is 0 Å². The third kappa shape index (κ3) is 2.68. The molecule has 0 bridgehead atoms. The van der Waals surface area contributed by atoms with E-state index < -0.39 is 0 Å². The quantitative estimate of drug-likeness (QED) is 0.592. The standard InChI is InChI=1S/C9H11.BrH.Zn/c1-7-5-4-6-8(2)9(7)3;;/h4-6H,3H2,1-2H3;1H;/q;;+1/p-1. The molecule has 0 aliphatic rings. The molecule has 0 atom stereocenters. The second-order valence-electron chi connectivity index (χ2n) is 2.62. The Hall–Kier alpha value is 0.323. The van der Waals surface area contributed by atoms with E-state index in [1.807, 2.05) is 0 Å². The van der Waals surface area contributed by atoms with Gasteiger partial charge in [-0.3, -0.25) is 0 Å². The van der Waals surface area contributed by atoms with Gasteiger partial charge in [-0.05, 0) is 0 Å². The molecule has 1 aromatic rings. The Morgan fingerprint density at radius 3 is 1.91 bits per heavy atom. The average Bonchev–Trinajstić information content (AvgIpc) is 1.88. The molecule has 0 unspecified atom stereocenters. The molecule has 11 heavy (non-hydrogen) atoms. The van der Waals surface area contributed by atoms with Crippen molar-refractivity contribution in [2.24, 2.45) is 0 Å². The molecule has 0 radical (unpaired) electrons. The summed E-state index contributed by atoms with van der Waals surface area (Å²) in [6, 6.07) is 6.51. The van der Waals surface area contributed by atoms with Crippen molar-refractivity contribution in [3.8, 4) is 0 Å². The molecule has 1 aromatic carbocycles. The molecule has 0 amide bonds. The summed E-state index contributed by atoms with van der Waals surface area (Å²) in [6.45, 7) is 4.38. The Kier molecular flexibility index (Phi) is 5.20. The summed E-state index contributed by atoms with van der Waals surface area (Å²) < 4.78 is 0. The van der Waals surface area contributed by atoms with Gasteiger partial charge >= 0.3 is 72.1 Å². The maximum absolute atomic E-state index is 2.19. The normalized spacial score (nSPS) is 9.09. The van der Waals surface area contributed by atoms with Gasteiger partial charge in [0.05, 0.1) is 0 Å². The van der Waals surface area contributed by atoms with E-state index in [9.17, 15) is 0 Å². The summed E-state index contributed by atoms with van der Waals surface area (Å²) in [5.41, 5.74) is 4.46. The number of halogens is 1. The van der Waals surface area contributed by atoms with Crippen molar-refractivity contribution in [3.05, 3.63) is 34.9 Å². The molecule has 0 nitrogen and oxygen atoms in total. The van der Waals surface area contributed by atoms with E-state index in [2.05, 4.69) is 32.0 Å². The van der Waals surface area contributed by atoms with Crippen LogP contribution in [-0.2, 0) is 23.3 Å². The van der Waals surface area contributed by atoms with Crippen LogP contribution in [0.4, 0.5) is 0 Å². The maximum Gasteiger partial charge on any atom is -1.00 e. The molecule has 0 aromatic heterocycles. The van der Waals surface area contributed by atoms with E-state index >= 15 is 0 Å². The topological polar surface area (TPSA) is 0 Å². The van der Waals surface area contributed by atoms with Crippen LogP contribution in [0.25, 0.3) is 0 Å². The molecule has 0 N–H and O–H groups in total. The first-order chi connectivity index (χ1) is 4.75. The zero-order valence-electron chi connectivity index (χ0n) is 7.02. The van der Waals surface area contributed by atoms with Crippen LogP contribution in [0.2, 0.25) is 0 Å². The molecule has 2 heteroatoms. The Bertz CT molecular complexity index is 213. The Balaban J connectivity index is 0.000001000. The molecule has 0 saturated heterocycles. The maximum atomic E-state index is 2.19. The zero-order valence-corrected chi connectivity index (χ0v) is 11.6. The van der Waals surface area contributed by atoms with Gasteiger partial charge in [0.1, 0.15) is 0 Å². The molecule has 0 aliphatic heterocycles. The summed E-state index contributed by atoms with van der Waals surface area (Å²) in [5.74, 6) is 0. The fourth-order valence-electron chi connectivity index (χ4n) is 1.24. The third-order valence-corrected chi connectivity index (χ3v) is 2.94. The summed E-state index contributed by atoms with van der Waals surface area (Å²) >= 11 is 1.37. The summed E-state index contributed by atoms with van der Waals surface area (Å²) in [6.07, 6.45) is 0. The van der Waals surface area contributed by atoms with Crippen LogP contribution in [0, 0.1) is 13.8 Å². The minimum absolute atomic E-state index is 0. The molecule has 0 saturated carbocycles. The fourth-order valence-corrected chi connectivity index (χ4v) is 2.90. The van der Waals surface area contributed by atoms with Crippen molar-refractivity contribution in [1.82, 2.24) is 0 Å². The molecule has 0 aliphatic carbocycles. The summed E-state index contributed by atoms with van der Waals surface area (Å²) in [4.78, 5) is 0. The van der Waals surface area contributed by atoms with Crippen molar-refractivity contribution < 1.29 is 35.3 Å². The smallest absolute Gasteiger partial charge is 1.00 e. The van der Waals surface area contributed by atoms with Crippen LogP contribution < -0.4 is 17.0 Å². The van der Waals surface area contributed by atoms with Gasteiger partial charge in [0.15, 0.2) is 0 Å². The second-order valence-corrected chi connectivity index (χ2v) is 3.67. The number of hydrogen-bond donors (Lipinski definition) is 0. The van der Waals surface area contributed by atoms with E-state index in [-0.39, 0.29) is 17.0 Å². The molecule has 0 fully saturated rings. The molecule has 1 rings (SSSR count). The molecular formula is C9H11BrZn. The first-order valence-corrected chi connectivity index (χ1v) is 5.70. The van der Waals surface area contributed by atoms with Crippen LogP contribution in [0.5, 0.6) is 0 Å². The second kappa shape index (κ2) is 5.06. The van der Waals surface area contributed by atoms with E-state index in [0.717, 1.165) is 0 Å². The van der Waals surface area contributed by atoms with Gasteiger partial charge in [-0.25, -0.2) is 0 Å². The number of hydrogen-bond acceptors (Lipinski definition) is 0. The average molecular weight is 264 g/mol. The minimum Gasteiger partial charge on any atom is -1.00 e. The summed E-state index contributed by atoms with van der Waals surface area (Å²) in [5, 5.41) is 1.28. The molecule has 0 heterocycles. The Morgan fingerprint density at radius 2 is 1.64 bits per heavy atom. The van der Waals surface area contributed by atoms with Crippen LogP contribution in [0.15, 0.2) is 18.2 Å². The Morgan fingerprint density at radius 1 is 1.18 bits per heavy atom. The molecule has 56 valence electrons. The van der Waals surface area contributed by atoms with Crippen LogP contribution >= 0.6 is 0 Å². The van der Waals surface area contributed by atoms with Gasteiger partial charge in [0.25, 0.3) is 0 Å². The van der Waals surface area contributed by atoms with Gasteiger partial charge in [-0.1, -0.05) is 0 Å². The van der Waals surface area contributed by atoms with Gasteiger partial charge in [0.2, 0.25) is 0 Å². The predicted octanol–water partition coefficient (Wildman–Crippen LogP) is -0.646. The van der Waals surface area contributed by atoms with Gasteiger partial charge in [-0.2, -0.15) is 0 Å². The third-order valence-electron chi connectivity index (χ3n) is 1.89. The number of benzene rings is 1. The van der Waals surface area contributed by atoms with Crippen molar-refractivity contribution in [2.45, 2.75) is 18.9 Å². The van der Waals surface area contributed by atoms with E-state index in [1.54, 1.807) is 5.56 Å². The van der Waals surface area contributed by atoms with E-state index in [1.165, 1.54) is 34.4 Å². The van der Waals surface area contributed by atoms with Gasteiger partial charge < -0.3 is 17.0 Å². The first kappa shape index (κ1) is 11.3. The van der Waals surface area contributed by atoms with Crippen molar-refractivity contribution in [3.63, 3.8) is 0 Å². The zero-order chi connectivity index (χ0) is 7.56. The Labute approximate surface area is 88.8 Å². The SMILES string of the molecule is Cc1cccc(C)c1[CH2][Zn+].[Br-]. The van der Waals surface area contributed by atoms with Gasteiger partial charge in [0, 0.05) is 0 Å². The number of aryl methyl sites for hydroxylation is 2. The van der Waals surface area contributed by atoms with Crippen LogP contribution in [-0.4, -0.2) is 0 Å². The van der Waals surface area contributed by atoms with E-state index in [0.29, 0.717) is 0 Å². The summed E-state index contributed by atoms with van der Waals surface area (Å²) in [7, 11) is 0. The molecule has 0 spiro atoms. The monoisotopic (exact) mass is 262 g/mol. The molecular weight excluding hydrogens is 253 g/mol. The van der Waals surface area contributed by atoms with Crippen LogP contribution in [0.3, 0.4) is 0 Å². The minimum atomic E-state index is 0.